The fourth-order valence-electron chi connectivity index (χ4n) is 1.27. The fourth-order valence-corrected chi connectivity index (χ4v) is 1.44. The van der Waals surface area contributed by atoms with Crippen molar-refractivity contribution in [1.82, 2.24) is 10.3 Å². The summed E-state index contributed by atoms with van der Waals surface area (Å²) in [5.41, 5.74) is 1.48. The highest BCUT2D eigenvalue weighted by atomic mass is 35.5. The SMILES string of the molecule is COCC(CCl)NC(=O)c1cncc(C)c1. The average molecular weight is 243 g/mol. The lowest BCUT2D eigenvalue weighted by molar-refractivity contribution is 0.0906. The van der Waals surface area contributed by atoms with Crippen molar-refractivity contribution in [2.75, 3.05) is 19.6 Å². The molecule has 1 unspecified atom stereocenters. The Morgan fingerprint density at radius 3 is 2.94 bits per heavy atom. The van der Waals surface area contributed by atoms with Gasteiger partial charge in [0.05, 0.1) is 18.2 Å². The van der Waals surface area contributed by atoms with Crippen LogP contribution in [0.4, 0.5) is 0 Å². The molecule has 0 saturated heterocycles. The minimum absolute atomic E-state index is 0.181. The topological polar surface area (TPSA) is 51.2 Å². The van der Waals surface area contributed by atoms with E-state index in [0.29, 0.717) is 18.1 Å². The number of halogens is 1. The molecule has 1 aromatic heterocycles. The third kappa shape index (κ3) is 3.79. The molecule has 0 saturated carbocycles. The number of pyridine rings is 1. The largest absolute Gasteiger partial charge is 0.383 e. The number of aryl methyl sites for hydroxylation is 1. The summed E-state index contributed by atoms with van der Waals surface area (Å²) in [5, 5.41) is 2.78. The summed E-state index contributed by atoms with van der Waals surface area (Å²) < 4.78 is 4.94. The Morgan fingerprint density at radius 2 is 2.38 bits per heavy atom. The van der Waals surface area contributed by atoms with Crippen molar-refractivity contribution in [1.29, 1.82) is 0 Å². The minimum atomic E-state index is -0.182. The van der Waals surface area contributed by atoms with Crippen molar-refractivity contribution in [3.63, 3.8) is 0 Å². The first-order chi connectivity index (χ1) is 7.67. The smallest absolute Gasteiger partial charge is 0.253 e. The molecule has 88 valence electrons. The number of amides is 1. The van der Waals surface area contributed by atoms with Gasteiger partial charge in [-0.05, 0) is 18.6 Å². The maximum Gasteiger partial charge on any atom is 0.253 e. The molecule has 1 heterocycles. The molecule has 0 aliphatic heterocycles. The van der Waals surface area contributed by atoms with Gasteiger partial charge in [-0.25, -0.2) is 0 Å². The number of nitrogens with zero attached hydrogens (tertiary/aromatic N) is 1. The first-order valence-corrected chi connectivity index (χ1v) is 5.48. The molecular formula is C11H15ClN2O2. The molecule has 1 N–H and O–H groups in total. The zero-order valence-electron chi connectivity index (χ0n) is 9.37. The van der Waals surface area contributed by atoms with Crippen LogP contribution in [0.5, 0.6) is 0 Å². The van der Waals surface area contributed by atoms with E-state index in [-0.39, 0.29) is 11.9 Å². The summed E-state index contributed by atoms with van der Waals surface area (Å²) in [5.74, 6) is 0.137. The third-order valence-corrected chi connectivity index (χ3v) is 2.40. The van der Waals surface area contributed by atoms with E-state index in [2.05, 4.69) is 10.3 Å². The van der Waals surface area contributed by atoms with Crippen molar-refractivity contribution in [2.24, 2.45) is 0 Å². The van der Waals surface area contributed by atoms with E-state index in [1.165, 1.54) is 6.20 Å². The van der Waals surface area contributed by atoms with Crippen LogP contribution in [-0.4, -0.2) is 36.5 Å². The number of methoxy groups -OCH3 is 1. The van der Waals surface area contributed by atoms with Gasteiger partial charge in [0.15, 0.2) is 0 Å². The van der Waals surface area contributed by atoms with Crippen LogP contribution in [0.3, 0.4) is 0 Å². The zero-order valence-corrected chi connectivity index (χ0v) is 10.1. The van der Waals surface area contributed by atoms with Crippen LogP contribution >= 0.6 is 11.6 Å². The molecule has 0 bridgehead atoms. The van der Waals surface area contributed by atoms with Crippen molar-refractivity contribution >= 4 is 17.5 Å². The van der Waals surface area contributed by atoms with Crippen molar-refractivity contribution in [2.45, 2.75) is 13.0 Å². The number of rotatable bonds is 5. The van der Waals surface area contributed by atoms with Crippen LogP contribution in [0, 0.1) is 6.92 Å². The van der Waals surface area contributed by atoms with Gasteiger partial charge in [-0.3, -0.25) is 9.78 Å². The molecule has 16 heavy (non-hydrogen) atoms. The highest BCUT2D eigenvalue weighted by Gasteiger charge is 2.12. The normalized spacial score (nSPS) is 12.2. The van der Waals surface area contributed by atoms with E-state index in [1.807, 2.05) is 6.92 Å². The zero-order chi connectivity index (χ0) is 12.0. The molecule has 1 atom stereocenters. The molecule has 0 spiro atoms. The summed E-state index contributed by atoms with van der Waals surface area (Å²) in [6.45, 7) is 2.28. The quantitative estimate of drug-likeness (QED) is 0.794. The number of hydrogen-bond acceptors (Lipinski definition) is 3. The van der Waals surface area contributed by atoms with Crippen LogP contribution in [0.1, 0.15) is 15.9 Å². The Labute approximate surface area is 100.0 Å². The van der Waals surface area contributed by atoms with Gasteiger partial charge in [0.2, 0.25) is 0 Å². The Kier molecular flexibility index (Phi) is 5.22. The van der Waals surface area contributed by atoms with Gasteiger partial charge in [0.1, 0.15) is 0 Å². The lowest BCUT2D eigenvalue weighted by Crippen LogP contribution is -2.39. The van der Waals surface area contributed by atoms with Gasteiger partial charge in [0, 0.05) is 25.4 Å². The molecule has 4 nitrogen and oxygen atoms in total. The molecule has 1 rings (SSSR count). The minimum Gasteiger partial charge on any atom is -0.383 e. The first kappa shape index (κ1) is 12.9. The summed E-state index contributed by atoms with van der Waals surface area (Å²) >= 11 is 5.70. The number of hydrogen-bond donors (Lipinski definition) is 1. The van der Waals surface area contributed by atoms with Crippen molar-refractivity contribution in [3.05, 3.63) is 29.6 Å². The van der Waals surface area contributed by atoms with Crippen LogP contribution in [0.25, 0.3) is 0 Å². The average Bonchev–Trinajstić information content (AvgIpc) is 2.28. The van der Waals surface area contributed by atoms with Crippen molar-refractivity contribution in [3.8, 4) is 0 Å². The van der Waals surface area contributed by atoms with Gasteiger partial charge in [-0.1, -0.05) is 0 Å². The number of aromatic nitrogens is 1. The molecule has 0 aromatic carbocycles. The number of carbonyl (C=O) groups excluding carboxylic acids is 1. The highest BCUT2D eigenvalue weighted by Crippen LogP contribution is 2.02. The second kappa shape index (κ2) is 6.45. The molecule has 0 aliphatic carbocycles. The maximum atomic E-state index is 11.8. The predicted molar refractivity (Wildman–Crippen MR) is 62.8 cm³/mol. The van der Waals surface area contributed by atoms with E-state index >= 15 is 0 Å². The number of ether oxygens (including phenoxy) is 1. The van der Waals surface area contributed by atoms with Gasteiger partial charge in [-0.15, -0.1) is 11.6 Å². The second-order valence-electron chi connectivity index (χ2n) is 3.53. The fraction of sp³-hybridized carbons (Fsp3) is 0.455. The number of alkyl halides is 1. The Bertz CT molecular complexity index is 358. The predicted octanol–water partition coefficient (Wildman–Crippen LogP) is 1.37. The van der Waals surface area contributed by atoms with E-state index in [4.69, 9.17) is 16.3 Å². The molecule has 0 radical (unpaired) electrons. The summed E-state index contributed by atoms with van der Waals surface area (Å²) in [4.78, 5) is 15.7. The monoisotopic (exact) mass is 242 g/mol. The molecule has 1 aromatic rings. The molecule has 1 amide bonds. The van der Waals surface area contributed by atoms with Gasteiger partial charge >= 0.3 is 0 Å². The Morgan fingerprint density at radius 1 is 1.62 bits per heavy atom. The first-order valence-electron chi connectivity index (χ1n) is 4.94. The van der Waals surface area contributed by atoms with Gasteiger partial charge in [0.25, 0.3) is 5.91 Å². The number of nitrogens with one attached hydrogen (secondary N) is 1. The number of carbonyl (C=O) groups is 1. The van der Waals surface area contributed by atoms with Crippen LogP contribution in [0.15, 0.2) is 18.5 Å². The van der Waals surface area contributed by atoms with E-state index in [1.54, 1.807) is 19.4 Å². The van der Waals surface area contributed by atoms with Crippen LogP contribution in [-0.2, 0) is 4.74 Å². The van der Waals surface area contributed by atoms with Crippen molar-refractivity contribution < 1.29 is 9.53 Å². The lowest BCUT2D eigenvalue weighted by atomic mass is 10.2. The standard InChI is InChI=1S/C11H15ClN2O2/c1-8-3-9(6-13-5-8)11(15)14-10(4-12)7-16-2/h3,5-6,10H,4,7H2,1-2H3,(H,14,15). The third-order valence-electron chi connectivity index (χ3n) is 2.03. The molecular weight excluding hydrogens is 228 g/mol. The maximum absolute atomic E-state index is 11.8. The lowest BCUT2D eigenvalue weighted by Gasteiger charge is -2.14. The highest BCUT2D eigenvalue weighted by molar-refractivity contribution is 6.18. The molecule has 0 aliphatic rings. The van der Waals surface area contributed by atoms with Gasteiger partial charge in [-0.2, -0.15) is 0 Å². The molecule has 0 fully saturated rings. The summed E-state index contributed by atoms with van der Waals surface area (Å²) in [7, 11) is 1.57. The molecule has 5 heteroatoms. The van der Waals surface area contributed by atoms with E-state index in [9.17, 15) is 4.79 Å². The summed E-state index contributed by atoms with van der Waals surface area (Å²) in [6, 6.07) is 1.60. The Hall–Kier alpha value is -1.13. The van der Waals surface area contributed by atoms with Gasteiger partial charge < -0.3 is 10.1 Å². The van der Waals surface area contributed by atoms with E-state index in [0.717, 1.165) is 5.56 Å². The Balaban J connectivity index is 2.64. The summed E-state index contributed by atoms with van der Waals surface area (Å²) in [6.07, 6.45) is 3.23. The second-order valence-corrected chi connectivity index (χ2v) is 3.84. The van der Waals surface area contributed by atoms with Crippen LogP contribution in [0.2, 0.25) is 0 Å². The van der Waals surface area contributed by atoms with Crippen LogP contribution < -0.4 is 5.32 Å². The van der Waals surface area contributed by atoms with E-state index < -0.39 is 0 Å².